The van der Waals surface area contributed by atoms with E-state index in [0.717, 1.165) is 0 Å². The molecule has 1 fully saturated rings. The zero-order valence-electron chi connectivity index (χ0n) is 10.1. The summed E-state index contributed by atoms with van der Waals surface area (Å²) in [5.41, 5.74) is 0.832. The number of nitrogens with two attached hydrogens (primary N) is 1. The Balaban J connectivity index is 2.46. The van der Waals surface area contributed by atoms with Crippen molar-refractivity contribution in [3.05, 3.63) is 35.4 Å². The summed E-state index contributed by atoms with van der Waals surface area (Å²) >= 11 is 0. The molecule has 19 heavy (non-hydrogen) atoms. The number of methoxy groups -OCH3 is 1. The molecule has 0 aliphatic carbocycles. The van der Waals surface area contributed by atoms with E-state index in [2.05, 4.69) is 15.7 Å². The molecule has 0 unspecified atom stereocenters. The van der Waals surface area contributed by atoms with Gasteiger partial charge in [0.2, 0.25) is 0 Å². The van der Waals surface area contributed by atoms with E-state index in [-0.39, 0.29) is 11.4 Å². The number of hydrazone groups is 1. The zero-order valence-corrected chi connectivity index (χ0v) is 10.1. The molecule has 2 rings (SSSR count). The summed E-state index contributed by atoms with van der Waals surface area (Å²) in [4.78, 5) is 22.9. The van der Waals surface area contributed by atoms with Crippen molar-refractivity contribution in [1.82, 2.24) is 10.6 Å². The summed E-state index contributed by atoms with van der Waals surface area (Å²) in [5, 5.41) is 7.86. The van der Waals surface area contributed by atoms with Crippen molar-refractivity contribution in [1.29, 1.82) is 0 Å². The molecule has 1 saturated heterocycles. The van der Waals surface area contributed by atoms with Crippen molar-refractivity contribution in [2.75, 3.05) is 7.11 Å². The first-order chi connectivity index (χ1) is 9.15. The van der Waals surface area contributed by atoms with Gasteiger partial charge in [-0.1, -0.05) is 18.2 Å². The fraction of sp³-hybridized carbons (Fsp3) is 0.0833. The van der Waals surface area contributed by atoms with E-state index >= 15 is 0 Å². The second-order valence-electron chi connectivity index (χ2n) is 3.69. The molecule has 1 aromatic rings. The normalized spacial score (nSPS) is 19.2. The molecule has 7 nitrogen and oxygen atoms in total. The first-order valence-corrected chi connectivity index (χ1v) is 5.41. The van der Waals surface area contributed by atoms with Crippen molar-refractivity contribution in [3.8, 4) is 5.75 Å². The topological polar surface area (TPSA) is 106 Å². The predicted molar refractivity (Wildman–Crippen MR) is 69.3 cm³/mol. The summed E-state index contributed by atoms with van der Waals surface area (Å²) in [6, 6.07) is 6.47. The zero-order chi connectivity index (χ0) is 13.8. The number of imide groups is 1. The Morgan fingerprint density at radius 1 is 1.26 bits per heavy atom. The van der Waals surface area contributed by atoms with Crippen LogP contribution in [0.3, 0.4) is 0 Å². The van der Waals surface area contributed by atoms with Crippen molar-refractivity contribution in [2.45, 2.75) is 0 Å². The van der Waals surface area contributed by atoms with Gasteiger partial charge in [0.05, 0.1) is 12.7 Å². The molecule has 0 atom stereocenters. The Morgan fingerprint density at radius 3 is 2.68 bits per heavy atom. The van der Waals surface area contributed by atoms with Gasteiger partial charge >= 0.3 is 6.03 Å². The van der Waals surface area contributed by atoms with Crippen LogP contribution in [0.15, 0.2) is 34.9 Å². The van der Waals surface area contributed by atoms with Crippen molar-refractivity contribution >= 4 is 23.8 Å². The molecule has 1 aromatic carbocycles. The molecule has 1 aliphatic rings. The minimum Gasteiger partial charge on any atom is -0.496 e. The standard InChI is InChI=1S/C12H12N4O3/c1-19-9-5-3-2-4-7(9)6-8-10(16-13)14-12(18)15-11(8)17/h2-6H,13H2,1H3,(H2,14,15,16,17,18)/b8-6+. The number of benzene rings is 1. The van der Waals surface area contributed by atoms with Crippen LogP contribution in [0.25, 0.3) is 6.08 Å². The molecule has 0 aromatic heterocycles. The van der Waals surface area contributed by atoms with Crippen LogP contribution in [-0.4, -0.2) is 24.9 Å². The number of para-hydroxylation sites is 1. The summed E-state index contributed by atoms with van der Waals surface area (Å²) in [6.45, 7) is 0. The van der Waals surface area contributed by atoms with Gasteiger partial charge in [0.25, 0.3) is 5.91 Å². The lowest BCUT2D eigenvalue weighted by atomic mass is 10.1. The number of urea groups is 1. The van der Waals surface area contributed by atoms with Gasteiger partial charge in [0, 0.05) is 5.56 Å². The molecule has 7 heteroatoms. The van der Waals surface area contributed by atoms with Crippen LogP contribution >= 0.6 is 0 Å². The van der Waals surface area contributed by atoms with E-state index < -0.39 is 11.9 Å². The third-order valence-corrected chi connectivity index (χ3v) is 2.53. The number of amidine groups is 1. The van der Waals surface area contributed by atoms with Crippen LogP contribution in [0.5, 0.6) is 5.75 Å². The van der Waals surface area contributed by atoms with Gasteiger partial charge in [0.1, 0.15) is 5.75 Å². The lowest BCUT2D eigenvalue weighted by Crippen LogP contribution is -2.51. The van der Waals surface area contributed by atoms with E-state index in [0.29, 0.717) is 11.3 Å². The molecule has 4 N–H and O–H groups in total. The number of nitrogens with one attached hydrogen (secondary N) is 2. The molecule has 3 amide bonds. The van der Waals surface area contributed by atoms with Gasteiger partial charge in [-0.2, -0.15) is 5.10 Å². The highest BCUT2D eigenvalue weighted by Gasteiger charge is 2.26. The molecule has 0 spiro atoms. The third kappa shape index (κ3) is 2.54. The number of carbonyl (C=O) groups is 2. The van der Waals surface area contributed by atoms with Crippen molar-refractivity contribution < 1.29 is 14.3 Å². The van der Waals surface area contributed by atoms with Gasteiger partial charge in [-0.3, -0.25) is 15.4 Å². The second-order valence-corrected chi connectivity index (χ2v) is 3.69. The largest absolute Gasteiger partial charge is 0.496 e. The van der Waals surface area contributed by atoms with Crippen molar-refractivity contribution in [2.24, 2.45) is 10.9 Å². The van der Waals surface area contributed by atoms with Crippen molar-refractivity contribution in [3.63, 3.8) is 0 Å². The third-order valence-electron chi connectivity index (χ3n) is 2.53. The monoisotopic (exact) mass is 260 g/mol. The average molecular weight is 260 g/mol. The maximum Gasteiger partial charge on any atom is 0.327 e. The fourth-order valence-corrected chi connectivity index (χ4v) is 1.66. The first kappa shape index (κ1) is 12.6. The molecule has 0 bridgehead atoms. The summed E-state index contributed by atoms with van der Waals surface area (Å²) in [6.07, 6.45) is 1.54. The van der Waals surface area contributed by atoms with Gasteiger partial charge < -0.3 is 10.6 Å². The van der Waals surface area contributed by atoms with Gasteiger partial charge in [0.15, 0.2) is 5.84 Å². The minimum absolute atomic E-state index is 0.0136. The highest BCUT2D eigenvalue weighted by atomic mass is 16.5. The number of hydrogen-bond acceptors (Lipinski definition) is 5. The second kappa shape index (κ2) is 5.21. The van der Waals surface area contributed by atoms with E-state index in [9.17, 15) is 9.59 Å². The Morgan fingerprint density at radius 2 is 2.00 bits per heavy atom. The number of nitrogens with zero attached hydrogens (tertiary/aromatic N) is 1. The highest BCUT2D eigenvalue weighted by Crippen LogP contribution is 2.21. The molecule has 98 valence electrons. The van der Waals surface area contributed by atoms with Crippen LogP contribution in [0, 0.1) is 0 Å². The van der Waals surface area contributed by atoms with Crippen LogP contribution in [0.1, 0.15) is 5.56 Å². The smallest absolute Gasteiger partial charge is 0.327 e. The molecule has 0 saturated carbocycles. The van der Waals surface area contributed by atoms with E-state index in [1.54, 1.807) is 24.3 Å². The summed E-state index contributed by atoms with van der Waals surface area (Å²) in [7, 11) is 1.53. The maximum absolute atomic E-state index is 11.8. The number of ether oxygens (including phenoxy) is 1. The highest BCUT2D eigenvalue weighted by molar-refractivity contribution is 6.32. The molecular weight excluding hydrogens is 248 g/mol. The summed E-state index contributed by atoms with van der Waals surface area (Å²) in [5.74, 6) is 5.20. The molecular formula is C12H12N4O3. The Hall–Kier alpha value is -2.83. The Bertz CT molecular complexity index is 592. The van der Waals surface area contributed by atoms with Gasteiger partial charge in [-0.15, -0.1) is 0 Å². The van der Waals surface area contributed by atoms with E-state index in [4.69, 9.17) is 10.6 Å². The first-order valence-electron chi connectivity index (χ1n) is 5.41. The SMILES string of the molecule is COc1ccccc1/C=C1/C(=O)NC(=O)N/C1=N/N. The molecule has 0 radical (unpaired) electrons. The summed E-state index contributed by atoms with van der Waals surface area (Å²) < 4.78 is 5.18. The maximum atomic E-state index is 11.8. The number of hydrogen-bond donors (Lipinski definition) is 3. The Kier molecular flexibility index (Phi) is 3.46. The van der Waals surface area contributed by atoms with Crippen LogP contribution in [0.2, 0.25) is 0 Å². The number of carbonyl (C=O) groups excluding carboxylic acids is 2. The minimum atomic E-state index is -0.661. The van der Waals surface area contributed by atoms with Gasteiger partial charge in [-0.25, -0.2) is 4.79 Å². The molecule has 1 heterocycles. The van der Waals surface area contributed by atoms with Crippen LogP contribution in [0.4, 0.5) is 4.79 Å². The lowest BCUT2D eigenvalue weighted by molar-refractivity contribution is -0.116. The molecule has 1 aliphatic heterocycles. The van der Waals surface area contributed by atoms with Crippen LogP contribution in [-0.2, 0) is 4.79 Å². The number of amides is 3. The van der Waals surface area contributed by atoms with E-state index in [1.165, 1.54) is 7.11 Å². The van der Waals surface area contributed by atoms with Gasteiger partial charge in [-0.05, 0) is 12.1 Å². The average Bonchev–Trinajstić information content (AvgIpc) is 2.42. The predicted octanol–water partition coefficient (Wildman–Crippen LogP) is 0.190. The van der Waals surface area contributed by atoms with E-state index in [1.807, 2.05) is 6.07 Å². The fourth-order valence-electron chi connectivity index (χ4n) is 1.66. The lowest BCUT2D eigenvalue weighted by Gasteiger charge is -2.17. The van der Waals surface area contributed by atoms with Crippen LogP contribution < -0.4 is 21.2 Å². The number of rotatable bonds is 2. The Labute approximate surface area is 109 Å². The quantitative estimate of drug-likeness (QED) is 0.401.